The first-order valence-electron chi connectivity index (χ1n) is 7.05. The van der Waals surface area contributed by atoms with Gasteiger partial charge in [0.15, 0.2) is 0 Å². The maximum atomic E-state index is 11.9. The first-order valence-corrected chi connectivity index (χ1v) is 7.86. The normalized spacial score (nSPS) is 16.7. The maximum Gasteiger partial charge on any atom is 0.239 e. The average molecular weight is 362 g/mol. The summed E-state index contributed by atoms with van der Waals surface area (Å²) in [7, 11) is 0. The van der Waals surface area contributed by atoms with Crippen LogP contribution in [0, 0.1) is 0 Å². The van der Waals surface area contributed by atoms with Gasteiger partial charge in [0, 0.05) is 19.0 Å². The van der Waals surface area contributed by atoms with E-state index < -0.39 is 6.04 Å². The smallest absolute Gasteiger partial charge is 0.239 e. The van der Waals surface area contributed by atoms with Crippen LogP contribution in [0.2, 0.25) is 0 Å². The Kier molecular flexibility index (Phi) is 7.06. The Bertz CT molecular complexity index is 591. The number of amides is 1. The van der Waals surface area contributed by atoms with Crippen LogP contribution in [-0.4, -0.2) is 34.9 Å². The minimum atomic E-state index is -0.394. The van der Waals surface area contributed by atoms with E-state index in [0.29, 0.717) is 5.92 Å². The summed E-state index contributed by atoms with van der Waals surface area (Å²) in [6.07, 6.45) is 1.97. The average Bonchev–Trinajstić information content (AvgIpc) is 2.90. The van der Waals surface area contributed by atoms with E-state index in [9.17, 15) is 4.79 Å². The number of hydrogen-bond acceptors (Lipinski definition) is 4. The minimum absolute atomic E-state index is 0. The number of carbonyl (C=O) groups is 1. The molecule has 122 valence electrons. The summed E-state index contributed by atoms with van der Waals surface area (Å²) >= 11 is 1.78. The topological polar surface area (TPSA) is 59.2 Å². The lowest BCUT2D eigenvalue weighted by Gasteiger charge is -2.32. The minimum Gasteiger partial charge on any atom is -0.341 e. The van der Waals surface area contributed by atoms with Crippen molar-refractivity contribution in [2.45, 2.75) is 31.7 Å². The van der Waals surface area contributed by atoms with Crippen molar-refractivity contribution >= 4 is 52.3 Å². The van der Waals surface area contributed by atoms with Crippen LogP contribution >= 0.6 is 36.2 Å². The monoisotopic (exact) mass is 361 g/mol. The Morgan fingerprint density at radius 1 is 1.32 bits per heavy atom. The van der Waals surface area contributed by atoms with Crippen molar-refractivity contribution < 1.29 is 4.79 Å². The predicted molar refractivity (Wildman–Crippen MR) is 96.3 cm³/mol. The summed E-state index contributed by atoms with van der Waals surface area (Å²) in [4.78, 5) is 18.5. The van der Waals surface area contributed by atoms with Crippen LogP contribution in [0.25, 0.3) is 10.2 Å². The lowest BCUT2D eigenvalue weighted by molar-refractivity contribution is -0.133. The molecule has 1 aliphatic rings. The second kappa shape index (κ2) is 8.11. The molecule has 4 nitrogen and oxygen atoms in total. The number of hydrogen-bond donors (Lipinski definition) is 1. The molecule has 0 aliphatic carbocycles. The number of carbonyl (C=O) groups excluding carboxylic acids is 1. The summed E-state index contributed by atoms with van der Waals surface area (Å²) in [6, 6.07) is 7.85. The van der Waals surface area contributed by atoms with Gasteiger partial charge in [-0.2, -0.15) is 0 Å². The first-order chi connectivity index (χ1) is 9.65. The third kappa shape index (κ3) is 3.90. The highest BCUT2D eigenvalue weighted by atomic mass is 35.5. The van der Waals surface area contributed by atoms with Crippen LogP contribution in [0.5, 0.6) is 0 Å². The number of nitrogens with two attached hydrogens (primary N) is 1. The van der Waals surface area contributed by atoms with Gasteiger partial charge in [-0.25, -0.2) is 4.98 Å². The number of likely N-dealkylation sites (tertiary alicyclic amines) is 1. The quantitative estimate of drug-likeness (QED) is 0.893. The van der Waals surface area contributed by atoms with Gasteiger partial charge in [0.2, 0.25) is 5.91 Å². The molecule has 1 atom stereocenters. The fraction of sp³-hybridized carbons (Fsp3) is 0.467. The largest absolute Gasteiger partial charge is 0.341 e. The van der Waals surface area contributed by atoms with Gasteiger partial charge in [0.05, 0.1) is 21.3 Å². The van der Waals surface area contributed by atoms with Crippen LogP contribution in [0.1, 0.15) is 30.7 Å². The Labute approximate surface area is 146 Å². The molecule has 2 aromatic rings. The van der Waals surface area contributed by atoms with E-state index in [1.54, 1.807) is 18.3 Å². The van der Waals surface area contributed by atoms with Gasteiger partial charge in [0.1, 0.15) is 0 Å². The number of aromatic nitrogens is 1. The van der Waals surface area contributed by atoms with E-state index in [1.807, 2.05) is 17.0 Å². The van der Waals surface area contributed by atoms with Gasteiger partial charge in [-0.05, 0) is 31.9 Å². The molecule has 0 bridgehead atoms. The Balaban J connectivity index is 0.00000121. The van der Waals surface area contributed by atoms with E-state index in [4.69, 9.17) is 10.7 Å². The number of halogens is 2. The van der Waals surface area contributed by atoms with Gasteiger partial charge in [-0.3, -0.25) is 4.79 Å². The molecule has 22 heavy (non-hydrogen) atoms. The Morgan fingerprint density at radius 3 is 2.55 bits per heavy atom. The van der Waals surface area contributed by atoms with E-state index in [-0.39, 0.29) is 30.7 Å². The summed E-state index contributed by atoms with van der Waals surface area (Å²) in [5.41, 5.74) is 6.75. The number of piperidine rings is 1. The van der Waals surface area contributed by atoms with E-state index in [1.165, 1.54) is 9.71 Å². The predicted octanol–water partition coefficient (Wildman–Crippen LogP) is 3.19. The van der Waals surface area contributed by atoms with Crippen molar-refractivity contribution in [3.05, 3.63) is 29.3 Å². The second-order valence-corrected chi connectivity index (χ2v) is 6.47. The first kappa shape index (κ1) is 19.2. The molecule has 1 aliphatic heterocycles. The zero-order chi connectivity index (χ0) is 14.1. The number of benzene rings is 1. The van der Waals surface area contributed by atoms with Gasteiger partial charge < -0.3 is 10.6 Å². The fourth-order valence-electron chi connectivity index (χ4n) is 2.70. The molecule has 0 radical (unpaired) electrons. The van der Waals surface area contributed by atoms with Crippen molar-refractivity contribution in [3.8, 4) is 0 Å². The zero-order valence-electron chi connectivity index (χ0n) is 12.4. The number of nitrogens with zero attached hydrogens (tertiary/aromatic N) is 2. The van der Waals surface area contributed by atoms with Crippen molar-refractivity contribution in [1.82, 2.24) is 9.88 Å². The highest BCUT2D eigenvalue weighted by molar-refractivity contribution is 7.18. The number of rotatable bonds is 2. The molecule has 2 heterocycles. The van der Waals surface area contributed by atoms with Crippen LogP contribution < -0.4 is 5.73 Å². The lowest BCUT2D eigenvalue weighted by atomic mass is 9.97. The Hall–Kier alpha value is -0.880. The molecule has 0 spiro atoms. The molecule has 3 rings (SSSR count). The molecule has 1 aromatic carbocycles. The van der Waals surface area contributed by atoms with Crippen LogP contribution in [0.4, 0.5) is 0 Å². The standard InChI is InChI=1S/C15H19N3OS.2ClH/c1-10(16)15(19)18-8-6-11(7-9-18)14-17-12-4-2-3-5-13(12)20-14;;/h2-5,10-11H,6-9,16H2,1H3;2*1H/t10-;;/m0../s1. The van der Waals surface area contributed by atoms with E-state index >= 15 is 0 Å². The molecule has 1 fully saturated rings. The van der Waals surface area contributed by atoms with E-state index in [0.717, 1.165) is 31.4 Å². The number of thiazole rings is 1. The molecule has 1 amide bonds. The van der Waals surface area contributed by atoms with Crippen molar-refractivity contribution in [2.24, 2.45) is 5.73 Å². The molecule has 7 heteroatoms. The van der Waals surface area contributed by atoms with Gasteiger partial charge in [-0.15, -0.1) is 36.2 Å². The zero-order valence-corrected chi connectivity index (χ0v) is 14.8. The number of para-hydroxylation sites is 1. The molecule has 0 unspecified atom stereocenters. The van der Waals surface area contributed by atoms with Crippen LogP contribution in [0.3, 0.4) is 0 Å². The molecular formula is C15H21Cl2N3OS. The van der Waals surface area contributed by atoms with Crippen molar-refractivity contribution in [3.63, 3.8) is 0 Å². The van der Waals surface area contributed by atoms with Crippen LogP contribution in [0.15, 0.2) is 24.3 Å². The van der Waals surface area contributed by atoms with Gasteiger partial charge in [0.25, 0.3) is 0 Å². The molecular weight excluding hydrogens is 341 g/mol. The molecule has 1 aromatic heterocycles. The lowest BCUT2D eigenvalue weighted by Crippen LogP contribution is -2.45. The second-order valence-electron chi connectivity index (χ2n) is 5.41. The highest BCUT2D eigenvalue weighted by Gasteiger charge is 2.26. The van der Waals surface area contributed by atoms with Gasteiger partial charge >= 0.3 is 0 Å². The summed E-state index contributed by atoms with van der Waals surface area (Å²) in [6.45, 7) is 3.34. The maximum absolute atomic E-state index is 11.9. The summed E-state index contributed by atoms with van der Waals surface area (Å²) in [5, 5.41) is 1.21. The molecule has 2 N–H and O–H groups in total. The highest BCUT2D eigenvalue weighted by Crippen LogP contribution is 2.33. The van der Waals surface area contributed by atoms with Gasteiger partial charge in [-0.1, -0.05) is 12.1 Å². The summed E-state index contributed by atoms with van der Waals surface area (Å²) < 4.78 is 1.25. The van der Waals surface area contributed by atoms with Crippen molar-refractivity contribution in [2.75, 3.05) is 13.1 Å². The Morgan fingerprint density at radius 2 is 1.95 bits per heavy atom. The third-order valence-corrected chi connectivity index (χ3v) is 5.05. The fourth-order valence-corrected chi connectivity index (χ4v) is 3.84. The SMILES string of the molecule is C[C@H](N)C(=O)N1CCC(c2nc3ccccc3s2)CC1.Cl.Cl. The molecule has 0 saturated carbocycles. The summed E-state index contributed by atoms with van der Waals surface area (Å²) in [5.74, 6) is 0.539. The van der Waals surface area contributed by atoms with Crippen molar-refractivity contribution in [1.29, 1.82) is 0 Å². The van der Waals surface area contributed by atoms with E-state index in [2.05, 4.69) is 12.1 Å². The number of fused-ring (bicyclic) bond motifs is 1. The molecule has 1 saturated heterocycles. The van der Waals surface area contributed by atoms with Crippen LogP contribution in [-0.2, 0) is 4.79 Å². The third-order valence-electron chi connectivity index (χ3n) is 3.86.